The fourth-order valence-corrected chi connectivity index (χ4v) is 1.22. The van der Waals surface area contributed by atoms with Gasteiger partial charge in [0.25, 0.3) is 0 Å². The monoisotopic (exact) mass is 217 g/mol. The quantitative estimate of drug-likeness (QED) is 0.794. The van der Waals surface area contributed by atoms with Crippen LogP contribution in [0.3, 0.4) is 0 Å². The van der Waals surface area contributed by atoms with Crippen LogP contribution in [0.5, 0.6) is 5.75 Å². The van der Waals surface area contributed by atoms with Crippen molar-refractivity contribution in [2.45, 2.75) is 6.61 Å². The Hall–Kier alpha value is -2.28. The predicted molar refractivity (Wildman–Crippen MR) is 54.2 cm³/mol. The van der Waals surface area contributed by atoms with Crippen LogP contribution in [0.15, 0.2) is 41.2 Å². The van der Waals surface area contributed by atoms with Crippen molar-refractivity contribution in [2.24, 2.45) is 0 Å². The molecule has 80 valence electrons. The fourth-order valence-electron chi connectivity index (χ4n) is 1.22. The van der Waals surface area contributed by atoms with Crippen molar-refractivity contribution in [3.8, 4) is 11.8 Å². The Bertz CT molecular complexity index is 514. The normalized spacial score (nSPS) is 9.75. The second kappa shape index (κ2) is 4.49. The standard InChI is InChI=1S/C12H8FNO2/c13-12-5-11(2-1-10(12)6-14)16-8-9-3-4-15-7-9/h1-5,7H,8H2. The molecule has 3 nitrogen and oxygen atoms in total. The van der Waals surface area contributed by atoms with Gasteiger partial charge in [0.2, 0.25) is 0 Å². The second-order valence-electron chi connectivity index (χ2n) is 3.17. The number of nitriles is 1. The number of halogens is 1. The minimum absolute atomic E-state index is 0.00987. The van der Waals surface area contributed by atoms with Crippen molar-refractivity contribution in [3.05, 3.63) is 53.7 Å². The summed E-state index contributed by atoms with van der Waals surface area (Å²) >= 11 is 0. The van der Waals surface area contributed by atoms with Crippen molar-refractivity contribution in [3.63, 3.8) is 0 Å². The molecule has 1 aromatic carbocycles. The van der Waals surface area contributed by atoms with E-state index in [1.54, 1.807) is 24.5 Å². The maximum Gasteiger partial charge on any atom is 0.144 e. The van der Waals surface area contributed by atoms with Crippen LogP contribution in [0.1, 0.15) is 11.1 Å². The summed E-state index contributed by atoms with van der Waals surface area (Å²) in [5, 5.41) is 8.55. The number of ether oxygens (including phenoxy) is 1. The Morgan fingerprint density at radius 3 is 2.88 bits per heavy atom. The summed E-state index contributed by atoms with van der Waals surface area (Å²) < 4.78 is 23.4. The van der Waals surface area contributed by atoms with Crippen LogP contribution in [0.25, 0.3) is 0 Å². The van der Waals surface area contributed by atoms with E-state index in [2.05, 4.69) is 0 Å². The van der Waals surface area contributed by atoms with Gasteiger partial charge in [-0.3, -0.25) is 0 Å². The maximum atomic E-state index is 13.2. The van der Waals surface area contributed by atoms with Crippen molar-refractivity contribution in [1.29, 1.82) is 5.26 Å². The first-order valence-electron chi connectivity index (χ1n) is 4.63. The van der Waals surface area contributed by atoms with Gasteiger partial charge in [-0.15, -0.1) is 0 Å². The molecule has 16 heavy (non-hydrogen) atoms. The number of benzene rings is 1. The fraction of sp³-hybridized carbons (Fsp3) is 0.0833. The number of nitrogens with zero attached hydrogens (tertiary/aromatic N) is 1. The molecule has 0 fully saturated rings. The van der Waals surface area contributed by atoms with E-state index in [4.69, 9.17) is 14.4 Å². The molecule has 0 saturated carbocycles. The summed E-state index contributed by atoms with van der Waals surface area (Å²) in [5.74, 6) is -0.190. The molecule has 0 aliphatic heterocycles. The highest BCUT2D eigenvalue weighted by Gasteiger charge is 2.03. The number of hydrogen-bond donors (Lipinski definition) is 0. The largest absolute Gasteiger partial charge is 0.489 e. The van der Waals surface area contributed by atoms with Gasteiger partial charge in [-0.1, -0.05) is 0 Å². The molecular weight excluding hydrogens is 209 g/mol. The average Bonchev–Trinajstić information content (AvgIpc) is 2.79. The second-order valence-corrected chi connectivity index (χ2v) is 3.17. The molecule has 0 bridgehead atoms. The highest BCUT2D eigenvalue weighted by molar-refractivity contribution is 5.36. The zero-order chi connectivity index (χ0) is 11.4. The summed E-state index contributed by atoms with van der Waals surface area (Å²) in [6.07, 6.45) is 3.10. The summed E-state index contributed by atoms with van der Waals surface area (Å²) in [6.45, 7) is 0.307. The van der Waals surface area contributed by atoms with Crippen LogP contribution in [-0.4, -0.2) is 0 Å². The minimum atomic E-state index is -0.577. The van der Waals surface area contributed by atoms with Gasteiger partial charge in [0.1, 0.15) is 24.2 Å². The van der Waals surface area contributed by atoms with Crippen LogP contribution < -0.4 is 4.74 Å². The van der Waals surface area contributed by atoms with E-state index in [9.17, 15) is 4.39 Å². The summed E-state index contributed by atoms with van der Waals surface area (Å²) in [7, 11) is 0. The lowest BCUT2D eigenvalue weighted by Crippen LogP contribution is -1.94. The Morgan fingerprint density at radius 1 is 1.38 bits per heavy atom. The minimum Gasteiger partial charge on any atom is -0.489 e. The molecule has 4 heteroatoms. The molecule has 2 aromatic rings. The van der Waals surface area contributed by atoms with Gasteiger partial charge in [-0.25, -0.2) is 4.39 Å². The highest BCUT2D eigenvalue weighted by Crippen LogP contribution is 2.17. The van der Waals surface area contributed by atoms with E-state index in [1.807, 2.05) is 0 Å². The molecule has 0 unspecified atom stereocenters. The zero-order valence-corrected chi connectivity index (χ0v) is 8.31. The van der Waals surface area contributed by atoms with E-state index >= 15 is 0 Å². The van der Waals surface area contributed by atoms with E-state index in [0.717, 1.165) is 5.56 Å². The molecule has 0 atom stereocenters. The summed E-state index contributed by atoms with van der Waals surface area (Å²) in [4.78, 5) is 0. The molecule has 0 N–H and O–H groups in total. The van der Waals surface area contributed by atoms with E-state index in [-0.39, 0.29) is 5.56 Å². The van der Waals surface area contributed by atoms with Gasteiger partial charge < -0.3 is 9.15 Å². The Kier molecular flexibility index (Phi) is 2.88. The molecule has 0 saturated heterocycles. The topological polar surface area (TPSA) is 46.2 Å². The Labute approximate surface area is 91.7 Å². The third-order valence-electron chi connectivity index (χ3n) is 2.05. The van der Waals surface area contributed by atoms with Crippen LogP contribution in [0.2, 0.25) is 0 Å². The molecule has 0 aliphatic carbocycles. The molecule has 1 aromatic heterocycles. The molecule has 0 spiro atoms. The van der Waals surface area contributed by atoms with E-state index in [1.165, 1.54) is 18.4 Å². The lowest BCUT2D eigenvalue weighted by Gasteiger charge is -2.04. The number of furan rings is 1. The van der Waals surface area contributed by atoms with Gasteiger partial charge >= 0.3 is 0 Å². The van der Waals surface area contributed by atoms with Gasteiger partial charge in [0, 0.05) is 11.6 Å². The van der Waals surface area contributed by atoms with Crippen LogP contribution in [0, 0.1) is 17.1 Å². The molecule has 2 rings (SSSR count). The summed E-state index contributed by atoms with van der Waals surface area (Å²) in [5.41, 5.74) is 0.875. The predicted octanol–water partition coefficient (Wildman–Crippen LogP) is 2.87. The summed E-state index contributed by atoms with van der Waals surface area (Å²) in [6, 6.07) is 7.65. The Balaban J connectivity index is 2.06. The van der Waals surface area contributed by atoms with E-state index < -0.39 is 5.82 Å². The van der Waals surface area contributed by atoms with Crippen molar-refractivity contribution >= 4 is 0 Å². The van der Waals surface area contributed by atoms with Gasteiger partial charge in [0.15, 0.2) is 0 Å². The maximum absolute atomic E-state index is 13.2. The first-order chi connectivity index (χ1) is 7.79. The first-order valence-corrected chi connectivity index (χ1v) is 4.63. The van der Waals surface area contributed by atoms with Gasteiger partial charge in [-0.2, -0.15) is 5.26 Å². The molecule has 0 radical (unpaired) electrons. The van der Waals surface area contributed by atoms with Crippen LogP contribution in [0.4, 0.5) is 4.39 Å². The third kappa shape index (κ3) is 2.20. The smallest absolute Gasteiger partial charge is 0.144 e. The molecule has 0 amide bonds. The Morgan fingerprint density at radius 2 is 2.25 bits per heavy atom. The first kappa shape index (κ1) is 10.2. The zero-order valence-electron chi connectivity index (χ0n) is 8.31. The van der Waals surface area contributed by atoms with Gasteiger partial charge in [-0.05, 0) is 18.2 Å². The number of hydrogen-bond acceptors (Lipinski definition) is 3. The van der Waals surface area contributed by atoms with Crippen LogP contribution >= 0.6 is 0 Å². The van der Waals surface area contributed by atoms with Crippen molar-refractivity contribution < 1.29 is 13.5 Å². The van der Waals surface area contributed by atoms with Crippen molar-refractivity contribution in [2.75, 3.05) is 0 Å². The van der Waals surface area contributed by atoms with E-state index in [0.29, 0.717) is 12.4 Å². The molecule has 0 aliphatic rings. The third-order valence-corrected chi connectivity index (χ3v) is 2.05. The molecule has 1 heterocycles. The molecular formula is C12H8FNO2. The lowest BCUT2D eigenvalue weighted by molar-refractivity contribution is 0.303. The van der Waals surface area contributed by atoms with Crippen LogP contribution in [-0.2, 0) is 6.61 Å². The SMILES string of the molecule is N#Cc1ccc(OCc2ccoc2)cc1F. The number of rotatable bonds is 3. The lowest BCUT2D eigenvalue weighted by atomic mass is 10.2. The van der Waals surface area contributed by atoms with Gasteiger partial charge in [0.05, 0.1) is 18.1 Å². The highest BCUT2D eigenvalue weighted by atomic mass is 19.1. The van der Waals surface area contributed by atoms with Crippen molar-refractivity contribution in [1.82, 2.24) is 0 Å². The average molecular weight is 217 g/mol.